The Morgan fingerprint density at radius 3 is 2.23 bits per heavy atom. The Bertz CT molecular complexity index is 961. The van der Waals surface area contributed by atoms with Crippen LogP contribution >= 0.6 is 11.6 Å². The summed E-state index contributed by atoms with van der Waals surface area (Å²) in [5.41, 5.74) is 0.147. The fraction of sp³-hybridized carbons (Fsp3) is 0. The van der Waals surface area contributed by atoms with Crippen LogP contribution in [0.15, 0.2) is 70.5 Å². The molecular weight excluding hydrogens is 320 g/mol. The molecule has 0 radical (unpaired) electrons. The number of hydrogen-bond donors (Lipinski definition) is 0. The summed E-state index contributed by atoms with van der Waals surface area (Å²) in [5, 5.41) is 1.75. The summed E-state index contributed by atoms with van der Waals surface area (Å²) in [5.74, 6) is 0. The van der Waals surface area contributed by atoms with Crippen molar-refractivity contribution in [1.29, 1.82) is 0 Å². The van der Waals surface area contributed by atoms with E-state index in [0.29, 0.717) is 16.7 Å². The Kier molecular flexibility index (Phi) is 3.72. The van der Waals surface area contributed by atoms with Crippen LogP contribution in [-0.2, 0) is 9.84 Å². The van der Waals surface area contributed by atoms with Gasteiger partial charge in [0.15, 0.2) is 6.29 Å². The molecule has 0 aromatic heterocycles. The van der Waals surface area contributed by atoms with Gasteiger partial charge >= 0.3 is 0 Å². The standard InChI is InChI=1S/C17H11ClO3S/c18-14-7-9-15(10-8-14)22(20,21)17-13(11-19)6-5-12-3-1-2-4-16(12)17/h1-11H. The van der Waals surface area contributed by atoms with Gasteiger partial charge < -0.3 is 0 Å². The SMILES string of the molecule is O=Cc1ccc2ccccc2c1S(=O)(=O)c1ccc(Cl)cc1. The summed E-state index contributed by atoms with van der Waals surface area (Å²) in [6, 6.07) is 16.2. The van der Waals surface area contributed by atoms with Crippen molar-refractivity contribution in [1.82, 2.24) is 0 Å². The van der Waals surface area contributed by atoms with E-state index in [1.165, 1.54) is 30.3 Å². The van der Waals surface area contributed by atoms with Gasteiger partial charge in [0.2, 0.25) is 9.84 Å². The van der Waals surface area contributed by atoms with E-state index in [1.54, 1.807) is 18.2 Å². The second-order valence-electron chi connectivity index (χ2n) is 4.78. The summed E-state index contributed by atoms with van der Waals surface area (Å²) < 4.78 is 25.9. The van der Waals surface area contributed by atoms with Crippen LogP contribution in [0.1, 0.15) is 10.4 Å². The number of fused-ring (bicyclic) bond motifs is 1. The molecule has 0 unspecified atom stereocenters. The first kappa shape index (κ1) is 14.8. The predicted molar refractivity (Wildman–Crippen MR) is 86.2 cm³/mol. The Balaban J connectivity index is 2.37. The van der Waals surface area contributed by atoms with E-state index in [-0.39, 0.29) is 15.4 Å². The molecule has 0 aliphatic heterocycles. The van der Waals surface area contributed by atoms with Crippen LogP contribution in [0.2, 0.25) is 5.02 Å². The van der Waals surface area contributed by atoms with Crippen LogP contribution in [0, 0.1) is 0 Å². The zero-order valence-corrected chi connectivity index (χ0v) is 12.9. The monoisotopic (exact) mass is 330 g/mol. The second kappa shape index (κ2) is 5.55. The minimum absolute atomic E-state index is 0.0305. The molecule has 0 fully saturated rings. The number of hydrogen-bond acceptors (Lipinski definition) is 3. The minimum Gasteiger partial charge on any atom is -0.298 e. The molecule has 0 atom stereocenters. The highest BCUT2D eigenvalue weighted by Gasteiger charge is 2.23. The predicted octanol–water partition coefficient (Wildman–Crippen LogP) is 4.14. The number of halogens is 1. The number of sulfone groups is 1. The molecule has 3 aromatic rings. The summed E-state index contributed by atoms with van der Waals surface area (Å²) >= 11 is 5.81. The first-order valence-electron chi connectivity index (χ1n) is 6.51. The molecule has 0 N–H and O–H groups in total. The van der Waals surface area contributed by atoms with Crippen LogP contribution in [0.5, 0.6) is 0 Å². The fourth-order valence-electron chi connectivity index (χ4n) is 2.38. The van der Waals surface area contributed by atoms with Crippen molar-refractivity contribution >= 4 is 38.5 Å². The molecule has 5 heteroatoms. The third kappa shape index (κ3) is 2.40. The van der Waals surface area contributed by atoms with E-state index < -0.39 is 9.84 Å². The van der Waals surface area contributed by atoms with Crippen molar-refractivity contribution in [3.63, 3.8) is 0 Å². The van der Waals surface area contributed by atoms with Crippen LogP contribution in [-0.4, -0.2) is 14.7 Å². The minimum atomic E-state index is -3.81. The van der Waals surface area contributed by atoms with Crippen LogP contribution < -0.4 is 0 Å². The zero-order chi connectivity index (χ0) is 15.7. The molecule has 0 heterocycles. The average molecular weight is 331 g/mol. The Labute approximate surface area is 133 Å². The maximum atomic E-state index is 12.9. The molecule has 3 rings (SSSR count). The third-order valence-electron chi connectivity index (χ3n) is 3.43. The van der Waals surface area contributed by atoms with Gasteiger partial charge in [-0.15, -0.1) is 0 Å². The van der Waals surface area contributed by atoms with E-state index in [4.69, 9.17) is 11.6 Å². The largest absolute Gasteiger partial charge is 0.298 e. The summed E-state index contributed by atoms with van der Waals surface area (Å²) in [6.07, 6.45) is 0.565. The lowest BCUT2D eigenvalue weighted by molar-refractivity contribution is 0.112. The maximum absolute atomic E-state index is 12.9. The second-order valence-corrected chi connectivity index (χ2v) is 7.10. The maximum Gasteiger partial charge on any atom is 0.207 e. The normalized spacial score (nSPS) is 11.5. The van der Waals surface area contributed by atoms with Gasteiger partial charge in [-0.2, -0.15) is 0 Å². The lowest BCUT2D eigenvalue weighted by Crippen LogP contribution is -2.06. The van der Waals surface area contributed by atoms with Gasteiger partial charge in [0.05, 0.1) is 9.79 Å². The zero-order valence-electron chi connectivity index (χ0n) is 11.4. The molecule has 3 nitrogen and oxygen atoms in total. The van der Waals surface area contributed by atoms with Crippen LogP contribution in [0.4, 0.5) is 0 Å². The highest BCUT2D eigenvalue weighted by molar-refractivity contribution is 7.91. The van der Waals surface area contributed by atoms with Gasteiger partial charge in [0, 0.05) is 16.0 Å². The van der Waals surface area contributed by atoms with E-state index >= 15 is 0 Å². The van der Waals surface area contributed by atoms with Gasteiger partial charge in [-0.05, 0) is 35.7 Å². The number of aldehydes is 1. The van der Waals surface area contributed by atoms with E-state index in [0.717, 1.165) is 5.39 Å². The summed E-state index contributed by atoms with van der Waals surface area (Å²) in [7, 11) is -3.81. The Hall–Kier alpha value is -2.17. The lowest BCUT2D eigenvalue weighted by atomic mass is 10.1. The number of carbonyl (C=O) groups is 1. The molecule has 0 amide bonds. The first-order valence-corrected chi connectivity index (χ1v) is 8.38. The average Bonchev–Trinajstić information content (AvgIpc) is 2.54. The molecule has 3 aromatic carbocycles. The molecule has 0 spiro atoms. The molecule has 0 bridgehead atoms. The van der Waals surface area contributed by atoms with Gasteiger partial charge in [-0.25, -0.2) is 8.42 Å². The Morgan fingerprint density at radius 2 is 1.55 bits per heavy atom. The van der Waals surface area contributed by atoms with Gasteiger partial charge in [0.1, 0.15) is 0 Å². The topological polar surface area (TPSA) is 51.2 Å². The van der Waals surface area contributed by atoms with Crippen molar-refractivity contribution < 1.29 is 13.2 Å². The molecular formula is C17H11ClO3S. The Morgan fingerprint density at radius 1 is 0.864 bits per heavy atom. The van der Waals surface area contributed by atoms with Gasteiger partial charge in [-0.3, -0.25) is 4.79 Å². The van der Waals surface area contributed by atoms with Crippen molar-refractivity contribution in [2.45, 2.75) is 9.79 Å². The first-order chi connectivity index (χ1) is 10.5. The smallest absolute Gasteiger partial charge is 0.207 e. The molecule has 22 heavy (non-hydrogen) atoms. The van der Waals surface area contributed by atoms with Crippen LogP contribution in [0.3, 0.4) is 0 Å². The fourth-order valence-corrected chi connectivity index (χ4v) is 4.14. The van der Waals surface area contributed by atoms with E-state index in [2.05, 4.69) is 0 Å². The molecule has 0 aliphatic rings. The lowest BCUT2D eigenvalue weighted by Gasteiger charge is -2.11. The van der Waals surface area contributed by atoms with E-state index in [9.17, 15) is 13.2 Å². The number of rotatable bonds is 3. The quantitative estimate of drug-likeness (QED) is 0.678. The molecule has 0 saturated heterocycles. The third-order valence-corrected chi connectivity index (χ3v) is 5.57. The van der Waals surface area contributed by atoms with Crippen molar-refractivity contribution in [3.05, 3.63) is 71.2 Å². The van der Waals surface area contributed by atoms with Crippen molar-refractivity contribution in [2.24, 2.45) is 0 Å². The van der Waals surface area contributed by atoms with Crippen molar-refractivity contribution in [3.8, 4) is 0 Å². The molecule has 110 valence electrons. The molecule has 0 saturated carbocycles. The van der Waals surface area contributed by atoms with Gasteiger partial charge in [0.25, 0.3) is 0 Å². The summed E-state index contributed by atoms with van der Waals surface area (Å²) in [6.45, 7) is 0. The molecule has 0 aliphatic carbocycles. The van der Waals surface area contributed by atoms with Gasteiger partial charge in [-0.1, -0.05) is 41.9 Å². The number of carbonyl (C=O) groups excluding carboxylic acids is 1. The highest BCUT2D eigenvalue weighted by Crippen LogP contribution is 2.31. The summed E-state index contributed by atoms with van der Waals surface area (Å²) in [4.78, 5) is 11.5. The highest BCUT2D eigenvalue weighted by atomic mass is 35.5. The number of benzene rings is 3. The van der Waals surface area contributed by atoms with Crippen LogP contribution in [0.25, 0.3) is 10.8 Å². The van der Waals surface area contributed by atoms with Crippen molar-refractivity contribution in [2.75, 3.05) is 0 Å². The van der Waals surface area contributed by atoms with E-state index in [1.807, 2.05) is 12.1 Å².